The Kier molecular flexibility index (Phi) is 5.60. The molecule has 1 aliphatic carbocycles. The highest BCUT2D eigenvalue weighted by Gasteiger charge is 2.38. The van der Waals surface area contributed by atoms with Gasteiger partial charge in [-0.3, -0.25) is 9.59 Å². The summed E-state index contributed by atoms with van der Waals surface area (Å²) >= 11 is 0. The number of amides is 1. The minimum Gasteiger partial charge on any atom is -0.359 e. The highest BCUT2D eigenvalue weighted by molar-refractivity contribution is 5.93. The molecule has 1 fully saturated rings. The molecule has 31 heavy (non-hydrogen) atoms. The van der Waals surface area contributed by atoms with E-state index in [0.717, 1.165) is 11.6 Å². The first-order chi connectivity index (χ1) is 14.8. The fourth-order valence-electron chi connectivity index (χ4n) is 4.43. The second-order valence-electron chi connectivity index (χ2n) is 8.28. The Hall–Kier alpha value is -3.09. The standard InChI is InChI=1S/C24H23F3N2O2/c1-12(24(31)28-2)7-20(30)14-8-15(9-14)21-18-10-17(26)11-19(27)23(18)29-22(21)13-3-5-16(25)6-4-13/h3-6,10-12,14-15,29H,7-9H2,1-2H3,(H,28,31). The smallest absolute Gasteiger partial charge is 0.223 e. The third-order valence-corrected chi connectivity index (χ3v) is 6.20. The molecule has 1 saturated carbocycles. The molecule has 2 N–H and O–H groups in total. The Morgan fingerprint density at radius 2 is 1.77 bits per heavy atom. The van der Waals surface area contributed by atoms with E-state index in [9.17, 15) is 22.8 Å². The van der Waals surface area contributed by atoms with E-state index in [0.29, 0.717) is 29.5 Å². The molecule has 0 spiro atoms. The van der Waals surface area contributed by atoms with Crippen LogP contribution in [0.1, 0.15) is 37.7 Å². The Morgan fingerprint density at radius 3 is 2.42 bits per heavy atom. The molecule has 1 heterocycles. The molecular weight excluding hydrogens is 405 g/mol. The lowest BCUT2D eigenvalue weighted by Crippen LogP contribution is -2.33. The SMILES string of the molecule is CNC(=O)C(C)CC(=O)C1CC(c2c(-c3ccc(F)cc3)[nH]c3c(F)cc(F)cc23)C1. The van der Waals surface area contributed by atoms with Crippen LogP contribution in [0.15, 0.2) is 36.4 Å². The number of halogens is 3. The predicted octanol–water partition coefficient (Wildman–Crippen LogP) is 5.09. The summed E-state index contributed by atoms with van der Waals surface area (Å²) in [5.74, 6) is -2.59. The number of Topliss-reactive ketones (excluding diaryl/α,β-unsaturated/α-hetero) is 1. The Morgan fingerprint density at radius 1 is 1.10 bits per heavy atom. The zero-order valence-corrected chi connectivity index (χ0v) is 17.3. The van der Waals surface area contributed by atoms with E-state index >= 15 is 0 Å². The van der Waals surface area contributed by atoms with Crippen LogP contribution < -0.4 is 5.32 Å². The minimum absolute atomic E-state index is 0.0212. The molecule has 0 radical (unpaired) electrons. The normalized spacial score (nSPS) is 19.1. The van der Waals surface area contributed by atoms with E-state index in [-0.39, 0.29) is 35.5 Å². The average Bonchev–Trinajstić information content (AvgIpc) is 3.06. The van der Waals surface area contributed by atoms with Gasteiger partial charge in [-0.2, -0.15) is 0 Å². The first-order valence-electron chi connectivity index (χ1n) is 10.3. The van der Waals surface area contributed by atoms with Crippen LogP contribution in [0.25, 0.3) is 22.2 Å². The molecule has 7 heteroatoms. The first-order valence-corrected chi connectivity index (χ1v) is 10.3. The molecule has 2 aromatic carbocycles. The highest BCUT2D eigenvalue weighted by Crippen LogP contribution is 2.49. The number of hydrogen-bond donors (Lipinski definition) is 2. The van der Waals surface area contributed by atoms with Gasteiger partial charge in [-0.1, -0.05) is 6.92 Å². The zero-order chi connectivity index (χ0) is 22.3. The Balaban J connectivity index is 1.65. The maximum absolute atomic E-state index is 14.4. The number of benzene rings is 2. The molecule has 1 unspecified atom stereocenters. The number of rotatable bonds is 6. The summed E-state index contributed by atoms with van der Waals surface area (Å²) < 4.78 is 41.8. The molecule has 0 bridgehead atoms. The van der Waals surface area contributed by atoms with Crippen LogP contribution in [0.5, 0.6) is 0 Å². The van der Waals surface area contributed by atoms with E-state index in [2.05, 4.69) is 10.3 Å². The third-order valence-electron chi connectivity index (χ3n) is 6.20. The maximum Gasteiger partial charge on any atom is 0.223 e. The lowest BCUT2D eigenvalue weighted by Gasteiger charge is -2.35. The Bertz CT molecular complexity index is 1150. The van der Waals surface area contributed by atoms with Crippen LogP contribution >= 0.6 is 0 Å². The van der Waals surface area contributed by atoms with Crippen LogP contribution in [-0.2, 0) is 9.59 Å². The van der Waals surface area contributed by atoms with Gasteiger partial charge in [0, 0.05) is 36.8 Å². The Labute approximate surface area is 177 Å². The number of hydrogen-bond acceptors (Lipinski definition) is 2. The van der Waals surface area contributed by atoms with Crippen LogP contribution in [-0.4, -0.2) is 23.7 Å². The summed E-state index contributed by atoms with van der Waals surface area (Å²) in [6.07, 6.45) is 1.25. The topological polar surface area (TPSA) is 62.0 Å². The zero-order valence-electron chi connectivity index (χ0n) is 17.3. The molecule has 4 nitrogen and oxygen atoms in total. The second kappa shape index (κ2) is 8.21. The summed E-state index contributed by atoms with van der Waals surface area (Å²) in [6.45, 7) is 1.71. The van der Waals surface area contributed by atoms with Gasteiger partial charge in [0.05, 0.1) is 11.2 Å². The number of fused-ring (bicyclic) bond motifs is 1. The summed E-state index contributed by atoms with van der Waals surface area (Å²) in [4.78, 5) is 27.3. The van der Waals surface area contributed by atoms with Crippen molar-refractivity contribution in [3.8, 4) is 11.3 Å². The molecule has 1 aromatic heterocycles. The first kappa shape index (κ1) is 21.2. The van der Waals surface area contributed by atoms with E-state index in [1.807, 2.05) is 0 Å². The van der Waals surface area contributed by atoms with Crippen molar-refractivity contribution in [2.24, 2.45) is 11.8 Å². The van der Waals surface area contributed by atoms with Gasteiger partial charge in [0.15, 0.2) is 0 Å². The van der Waals surface area contributed by atoms with E-state index < -0.39 is 23.4 Å². The van der Waals surface area contributed by atoms with Crippen LogP contribution in [0.2, 0.25) is 0 Å². The molecular formula is C24H23F3N2O2. The number of aromatic nitrogens is 1. The van der Waals surface area contributed by atoms with Gasteiger partial charge in [-0.05, 0) is 60.2 Å². The summed E-state index contributed by atoms with van der Waals surface area (Å²) in [5, 5.41) is 2.98. The number of aromatic amines is 1. The monoisotopic (exact) mass is 428 g/mol. The van der Waals surface area contributed by atoms with Crippen LogP contribution in [0.4, 0.5) is 13.2 Å². The lowest BCUT2D eigenvalue weighted by atomic mass is 9.67. The van der Waals surface area contributed by atoms with Crippen molar-refractivity contribution in [1.82, 2.24) is 10.3 Å². The number of carbonyl (C=O) groups excluding carboxylic acids is 2. The number of nitrogens with one attached hydrogen (secondary N) is 2. The number of carbonyl (C=O) groups is 2. The van der Waals surface area contributed by atoms with E-state index in [1.54, 1.807) is 19.1 Å². The molecule has 1 atom stereocenters. The number of H-pyrrole nitrogens is 1. The molecule has 1 aliphatic rings. The summed E-state index contributed by atoms with van der Waals surface area (Å²) in [5.41, 5.74) is 2.20. The molecule has 4 rings (SSSR count). The van der Waals surface area contributed by atoms with Gasteiger partial charge in [0.25, 0.3) is 0 Å². The van der Waals surface area contributed by atoms with Crippen molar-refractivity contribution in [2.45, 2.75) is 32.1 Å². The predicted molar refractivity (Wildman–Crippen MR) is 112 cm³/mol. The van der Waals surface area contributed by atoms with Gasteiger partial charge in [-0.25, -0.2) is 13.2 Å². The van der Waals surface area contributed by atoms with Crippen molar-refractivity contribution in [3.63, 3.8) is 0 Å². The molecule has 0 saturated heterocycles. The van der Waals surface area contributed by atoms with Crippen molar-refractivity contribution >= 4 is 22.6 Å². The summed E-state index contributed by atoms with van der Waals surface area (Å²) in [6, 6.07) is 7.92. The van der Waals surface area contributed by atoms with Gasteiger partial charge in [-0.15, -0.1) is 0 Å². The van der Waals surface area contributed by atoms with Gasteiger partial charge in [0.1, 0.15) is 23.2 Å². The van der Waals surface area contributed by atoms with Crippen molar-refractivity contribution in [2.75, 3.05) is 7.05 Å². The number of ketones is 1. The quantitative estimate of drug-likeness (QED) is 0.575. The molecule has 3 aromatic rings. The van der Waals surface area contributed by atoms with Gasteiger partial charge in [0.2, 0.25) is 5.91 Å². The fraction of sp³-hybridized carbons (Fsp3) is 0.333. The van der Waals surface area contributed by atoms with Crippen molar-refractivity contribution < 1.29 is 22.8 Å². The second-order valence-corrected chi connectivity index (χ2v) is 8.28. The maximum atomic E-state index is 14.4. The van der Waals surface area contributed by atoms with Crippen LogP contribution in [0.3, 0.4) is 0 Å². The van der Waals surface area contributed by atoms with Crippen LogP contribution in [0, 0.1) is 29.3 Å². The summed E-state index contributed by atoms with van der Waals surface area (Å²) in [7, 11) is 1.54. The van der Waals surface area contributed by atoms with Crippen molar-refractivity contribution in [1.29, 1.82) is 0 Å². The largest absolute Gasteiger partial charge is 0.359 e. The van der Waals surface area contributed by atoms with Gasteiger partial charge < -0.3 is 10.3 Å². The third kappa shape index (κ3) is 3.96. The van der Waals surface area contributed by atoms with E-state index in [1.165, 1.54) is 25.2 Å². The molecule has 162 valence electrons. The lowest BCUT2D eigenvalue weighted by molar-refractivity contribution is -0.131. The average molecular weight is 428 g/mol. The molecule has 0 aliphatic heterocycles. The minimum atomic E-state index is -0.698. The molecule has 1 amide bonds. The van der Waals surface area contributed by atoms with E-state index in [4.69, 9.17) is 0 Å². The van der Waals surface area contributed by atoms with Gasteiger partial charge >= 0.3 is 0 Å². The van der Waals surface area contributed by atoms with Crippen molar-refractivity contribution in [3.05, 3.63) is 59.4 Å². The highest BCUT2D eigenvalue weighted by atomic mass is 19.1. The fourth-order valence-corrected chi connectivity index (χ4v) is 4.43.